The topological polar surface area (TPSA) is 111 Å². The Kier molecular flexibility index (Phi) is 14.2. The standard InChI is InChI=1S/C30H46N4O4S.ClH/c1-4-32-26-19-25(20-27(21-26)34-16-10-11-17-39(34,37)38)30(36)33-28(18-24-13-6-5-7-14-24)29(35)22-31-15-9-8-12-23(2)3;/h5-7,13-14,19-21,23,28-29,31-32,35H,4,8-12,15-18,22H2,1-3H3,(H,33,36);1H/t28-,29+;/m0./s1. The Balaban J connectivity index is 0.00000560. The molecule has 0 radical (unpaired) electrons. The van der Waals surface area contributed by atoms with Crippen molar-refractivity contribution in [1.82, 2.24) is 10.6 Å². The predicted molar refractivity (Wildman–Crippen MR) is 167 cm³/mol. The number of unbranched alkanes of at least 4 members (excludes halogenated alkanes) is 1. The second-order valence-corrected chi connectivity index (χ2v) is 12.8. The van der Waals surface area contributed by atoms with Crippen LogP contribution in [0, 0.1) is 5.92 Å². The summed E-state index contributed by atoms with van der Waals surface area (Å²) >= 11 is 0. The van der Waals surface area contributed by atoms with Gasteiger partial charge in [-0.15, -0.1) is 12.4 Å². The van der Waals surface area contributed by atoms with E-state index in [1.54, 1.807) is 18.2 Å². The summed E-state index contributed by atoms with van der Waals surface area (Å²) in [5.74, 6) is 0.445. The van der Waals surface area contributed by atoms with Crippen molar-refractivity contribution in [3.63, 3.8) is 0 Å². The molecule has 0 aliphatic carbocycles. The first-order valence-electron chi connectivity index (χ1n) is 14.3. The van der Waals surface area contributed by atoms with E-state index in [1.807, 2.05) is 37.3 Å². The summed E-state index contributed by atoms with van der Waals surface area (Å²) in [4.78, 5) is 13.5. The van der Waals surface area contributed by atoms with E-state index < -0.39 is 22.2 Å². The van der Waals surface area contributed by atoms with Gasteiger partial charge in [0.1, 0.15) is 0 Å². The van der Waals surface area contributed by atoms with E-state index in [9.17, 15) is 18.3 Å². The van der Waals surface area contributed by atoms with Crippen LogP contribution in [0.2, 0.25) is 0 Å². The summed E-state index contributed by atoms with van der Waals surface area (Å²) in [6, 6.07) is 14.4. The summed E-state index contributed by atoms with van der Waals surface area (Å²) < 4.78 is 26.9. The van der Waals surface area contributed by atoms with Crippen LogP contribution in [-0.4, -0.2) is 63.5 Å². The molecule has 3 rings (SSSR count). The normalized spacial score (nSPS) is 16.2. The molecule has 0 aromatic heterocycles. The van der Waals surface area contributed by atoms with E-state index in [0.29, 0.717) is 55.3 Å². The van der Waals surface area contributed by atoms with E-state index in [4.69, 9.17) is 0 Å². The van der Waals surface area contributed by atoms with Crippen molar-refractivity contribution in [2.45, 2.75) is 71.4 Å². The lowest BCUT2D eigenvalue weighted by atomic mass is 10.00. The van der Waals surface area contributed by atoms with Crippen LogP contribution in [0.5, 0.6) is 0 Å². The average Bonchev–Trinajstić information content (AvgIpc) is 2.90. The number of anilines is 2. The molecule has 40 heavy (non-hydrogen) atoms. The van der Waals surface area contributed by atoms with Gasteiger partial charge in [0.2, 0.25) is 10.0 Å². The fraction of sp³-hybridized carbons (Fsp3) is 0.567. The molecule has 10 heteroatoms. The van der Waals surface area contributed by atoms with Crippen LogP contribution in [0.3, 0.4) is 0 Å². The van der Waals surface area contributed by atoms with Gasteiger partial charge in [-0.3, -0.25) is 9.10 Å². The lowest BCUT2D eigenvalue weighted by molar-refractivity contribution is 0.0830. The van der Waals surface area contributed by atoms with Gasteiger partial charge in [0.25, 0.3) is 5.91 Å². The van der Waals surface area contributed by atoms with E-state index in [2.05, 4.69) is 29.8 Å². The molecule has 1 saturated heterocycles. The minimum Gasteiger partial charge on any atom is -0.390 e. The number of benzene rings is 2. The number of hydrogen-bond donors (Lipinski definition) is 4. The Morgan fingerprint density at radius 1 is 1.07 bits per heavy atom. The lowest BCUT2D eigenvalue weighted by Gasteiger charge is -2.29. The molecule has 224 valence electrons. The van der Waals surface area contributed by atoms with Gasteiger partial charge in [-0.1, -0.05) is 57.0 Å². The number of hydrogen-bond acceptors (Lipinski definition) is 6. The highest BCUT2D eigenvalue weighted by Crippen LogP contribution is 2.28. The van der Waals surface area contributed by atoms with Crippen molar-refractivity contribution >= 4 is 39.7 Å². The Morgan fingerprint density at radius 3 is 2.50 bits per heavy atom. The molecule has 1 aliphatic rings. The van der Waals surface area contributed by atoms with E-state index in [-0.39, 0.29) is 24.1 Å². The van der Waals surface area contributed by atoms with Gasteiger partial charge in [0.15, 0.2) is 0 Å². The third-order valence-electron chi connectivity index (χ3n) is 7.02. The molecule has 4 N–H and O–H groups in total. The van der Waals surface area contributed by atoms with Crippen LogP contribution in [-0.2, 0) is 16.4 Å². The smallest absolute Gasteiger partial charge is 0.251 e. The highest BCUT2D eigenvalue weighted by atomic mass is 35.5. The quantitative estimate of drug-likeness (QED) is 0.225. The molecule has 8 nitrogen and oxygen atoms in total. The predicted octanol–water partition coefficient (Wildman–Crippen LogP) is 4.59. The van der Waals surface area contributed by atoms with Crippen LogP contribution < -0.4 is 20.3 Å². The zero-order valence-electron chi connectivity index (χ0n) is 24.1. The maximum Gasteiger partial charge on any atom is 0.251 e. The van der Waals surface area contributed by atoms with Gasteiger partial charge < -0.3 is 21.1 Å². The maximum atomic E-state index is 13.5. The number of aliphatic hydroxyl groups excluding tert-OH is 1. The number of carbonyl (C=O) groups is 1. The average molecular weight is 595 g/mol. The third-order valence-corrected chi connectivity index (χ3v) is 8.89. The Labute approximate surface area is 246 Å². The minimum absolute atomic E-state index is 0. The van der Waals surface area contributed by atoms with Crippen molar-refractivity contribution in [3.8, 4) is 0 Å². The zero-order valence-corrected chi connectivity index (χ0v) is 25.7. The van der Waals surface area contributed by atoms with Gasteiger partial charge in [-0.25, -0.2) is 8.42 Å². The van der Waals surface area contributed by atoms with Crippen LogP contribution in [0.4, 0.5) is 11.4 Å². The summed E-state index contributed by atoms with van der Waals surface area (Å²) in [5.41, 5.74) is 2.54. The molecular weight excluding hydrogens is 548 g/mol. The Bertz CT molecular complexity index is 1150. The summed E-state index contributed by atoms with van der Waals surface area (Å²) in [5, 5.41) is 20.7. The Hall–Kier alpha value is -2.33. The largest absolute Gasteiger partial charge is 0.390 e. The number of rotatable bonds is 15. The van der Waals surface area contributed by atoms with Crippen molar-refractivity contribution < 1.29 is 18.3 Å². The second-order valence-electron chi connectivity index (χ2n) is 10.8. The van der Waals surface area contributed by atoms with Crippen LogP contribution >= 0.6 is 12.4 Å². The number of carbonyl (C=O) groups excluding carboxylic acids is 1. The van der Waals surface area contributed by atoms with Gasteiger partial charge in [0, 0.05) is 30.9 Å². The summed E-state index contributed by atoms with van der Waals surface area (Å²) in [6.07, 6.45) is 4.47. The molecule has 0 bridgehead atoms. The molecule has 0 spiro atoms. The molecule has 2 atom stereocenters. The van der Waals surface area contributed by atoms with E-state index in [0.717, 1.165) is 31.4 Å². The van der Waals surface area contributed by atoms with Crippen molar-refractivity contribution in [2.24, 2.45) is 5.92 Å². The molecule has 2 aromatic rings. The van der Waals surface area contributed by atoms with Crippen molar-refractivity contribution in [3.05, 3.63) is 59.7 Å². The highest BCUT2D eigenvalue weighted by Gasteiger charge is 2.28. The molecule has 1 amide bonds. The SMILES string of the molecule is CCNc1cc(C(=O)N[C@@H](Cc2ccccc2)[C@H](O)CNCCCCC(C)C)cc(N2CCCCS2(=O)=O)c1.Cl. The summed E-state index contributed by atoms with van der Waals surface area (Å²) in [6.45, 7) is 8.61. The van der Waals surface area contributed by atoms with Gasteiger partial charge in [0.05, 0.1) is 23.6 Å². The maximum absolute atomic E-state index is 13.5. The van der Waals surface area contributed by atoms with Crippen molar-refractivity contribution in [1.29, 1.82) is 0 Å². The molecular formula is C30H47ClN4O4S. The third kappa shape index (κ3) is 10.6. The van der Waals surface area contributed by atoms with Crippen LogP contribution in [0.1, 0.15) is 68.8 Å². The summed E-state index contributed by atoms with van der Waals surface area (Å²) in [7, 11) is -3.42. The van der Waals surface area contributed by atoms with Crippen LogP contribution in [0.25, 0.3) is 0 Å². The molecule has 1 heterocycles. The minimum atomic E-state index is -3.42. The van der Waals surface area contributed by atoms with Gasteiger partial charge >= 0.3 is 0 Å². The number of halogens is 1. The molecule has 2 aromatic carbocycles. The van der Waals surface area contributed by atoms with E-state index in [1.165, 1.54) is 10.7 Å². The van der Waals surface area contributed by atoms with Gasteiger partial charge in [-0.05, 0) is 68.8 Å². The lowest BCUT2D eigenvalue weighted by Crippen LogP contribution is -2.49. The Morgan fingerprint density at radius 2 is 1.82 bits per heavy atom. The molecule has 1 fully saturated rings. The second kappa shape index (κ2) is 16.8. The first-order valence-corrected chi connectivity index (χ1v) is 15.9. The number of nitrogens with zero attached hydrogens (tertiary/aromatic N) is 1. The first-order chi connectivity index (χ1) is 18.7. The fourth-order valence-corrected chi connectivity index (χ4v) is 6.49. The highest BCUT2D eigenvalue weighted by molar-refractivity contribution is 7.92. The number of nitrogens with one attached hydrogen (secondary N) is 3. The first kappa shape index (κ1) is 33.9. The van der Waals surface area contributed by atoms with Gasteiger partial charge in [-0.2, -0.15) is 0 Å². The number of sulfonamides is 1. The molecule has 0 unspecified atom stereocenters. The zero-order chi connectivity index (χ0) is 28.3. The van der Waals surface area contributed by atoms with Crippen molar-refractivity contribution in [2.75, 3.05) is 41.6 Å². The van der Waals surface area contributed by atoms with E-state index >= 15 is 0 Å². The van der Waals surface area contributed by atoms with Crippen LogP contribution in [0.15, 0.2) is 48.5 Å². The number of amides is 1. The fourth-order valence-electron chi connectivity index (χ4n) is 4.87. The molecule has 1 aliphatic heterocycles. The molecule has 0 saturated carbocycles. The monoisotopic (exact) mass is 594 g/mol. The number of aliphatic hydroxyl groups is 1.